The van der Waals surface area contributed by atoms with Crippen LogP contribution in [0.3, 0.4) is 0 Å². The van der Waals surface area contributed by atoms with Gasteiger partial charge in [0.15, 0.2) is 0 Å². The van der Waals surface area contributed by atoms with E-state index < -0.39 is 0 Å². The zero-order valence-corrected chi connectivity index (χ0v) is 9.49. The van der Waals surface area contributed by atoms with Gasteiger partial charge in [0.25, 0.3) is 0 Å². The van der Waals surface area contributed by atoms with Crippen molar-refractivity contribution in [2.45, 2.75) is 33.4 Å². The van der Waals surface area contributed by atoms with Gasteiger partial charge in [0, 0.05) is 18.8 Å². The molecule has 2 rings (SSSR count). The van der Waals surface area contributed by atoms with Crippen LogP contribution in [0.1, 0.15) is 25.4 Å². The van der Waals surface area contributed by atoms with Crippen molar-refractivity contribution in [3.63, 3.8) is 0 Å². The molecule has 0 saturated heterocycles. The second-order valence-electron chi connectivity index (χ2n) is 4.10. The van der Waals surface area contributed by atoms with E-state index in [2.05, 4.69) is 46.9 Å². The van der Waals surface area contributed by atoms with Gasteiger partial charge >= 0.3 is 0 Å². The Hall–Kier alpha value is -1.35. The first-order chi connectivity index (χ1) is 7.18. The zero-order chi connectivity index (χ0) is 10.8. The van der Waals surface area contributed by atoms with Crippen molar-refractivity contribution >= 4 is 5.52 Å². The molecule has 0 bridgehead atoms. The van der Waals surface area contributed by atoms with Crippen LogP contribution in [0.4, 0.5) is 0 Å². The van der Waals surface area contributed by atoms with Gasteiger partial charge in [-0.05, 0) is 19.1 Å². The first kappa shape index (κ1) is 10.2. The fourth-order valence-corrected chi connectivity index (χ4v) is 1.70. The van der Waals surface area contributed by atoms with Gasteiger partial charge in [0.1, 0.15) is 5.82 Å². The molecule has 0 atom stereocenters. The first-order valence-electron chi connectivity index (χ1n) is 5.34. The molecule has 2 aromatic rings. The van der Waals surface area contributed by atoms with Crippen LogP contribution in [-0.2, 0) is 6.54 Å². The van der Waals surface area contributed by atoms with Crippen molar-refractivity contribution in [1.82, 2.24) is 14.7 Å². The number of pyridine rings is 1. The zero-order valence-electron chi connectivity index (χ0n) is 9.49. The monoisotopic (exact) mass is 203 g/mol. The van der Waals surface area contributed by atoms with Gasteiger partial charge < -0.3 is 9.72 Å². The quantitative estimate of drug-likeness (QED) is 0.828. The van der Waals surface area contributed by atoms with Crippen molar-refractivity contribution in [3.05, 3.63) is 35.9 Å². The number of hydrogen-bond acceptors (Lipinski definition) is 2. The number of imidazole rings is 1. The van der Waals surface area contributed by atoms with Crippen molar-refractivity contribution in [3.8, 4) is 0 Å². The molecule has 0 aliphatic rings. The van der Waals surface area contributed by atoms with E-state index >= 15 is 0 Å². The molecule has 0 unspecified atom stereocenters. The summed E-state index contributed by atoms with van der Waals surface area (Å²) >= 11 is 0. The lowest BCUT2D eigenvalue weighted by Gasteiger charge is -2.05. The Labute approximate surface area is 90.1 Å². The minimum Gasteiger partial charge on any atom is -0.309 e. The molecule has 3 nitrogen and oxygen atoms in total. The van der Waals surface area contributed by atoms with Gasteiger partial charge in [0.2, 0.25) is 0 Å². The summed E-state index contributed by atoms with van der Waals surface area (Å²) in [5.74, 6) is 1.05. The number of rotatable bonds is 3. The van der Waals surface area contributed by atoms with Crippen LogP contribution in [0.25, 0.3) is 5.52 Å². The van der Waals surface area contributed by atoms with E-state index in [0.717, 1.165) is 18.1 Å². The number of nitrogens with zero attached hydrogens (tertiary/aromatic N) is 2. The van der Waals surface area contributed by atoms with Crippen LogP contribution in [0.5, 0.6) is 0 Å². The van der Waals surface area contributed by atoms with Gasteiger partial charge in [-0.25, -0.2) is 4.98 Å². The van der Waals surface area contributed by atoms with Gasteiger partial charge in [0.05, 0.1) is 11.2 Å². The van der Waals surface area contributed by atoms with Crippen LogP contribution in [0, 0.1) is 6.92 Å². The molecule has 0 amide bonds. The summed E-state index contributed by atoms with van der Waals surface area (Å²) in [6.45, 7) is 7.15. The molecular formula is C12H17N3. The second kappa shape index (κ2) is 4.03. The highest BCUT2D eigenvalue weighted by molar-refractivity contribution is 5.52. The van der Waals surface area contributed by atoms with E-state index in [0.29, 0.717) is 6.04 Å². The third-order valence-electron chi connectivity index (χ3n) is 2.48. The van der Waals surface area contributed by atoms with Crippen LogP contribution in [-0.4, -0.2) is 15.4 Å². The van der Waals surface area contributed by atoms with Gasteiger partial charge in [-0.15, -0.1) is 0 Å². The molecule has 0 aliphatic carbocycles. The maximum atomic E-state index is 4.56. The Morgan fingerprint density at radius 2 is 2.20 bits per heavy atom. The van der Waals surface area contributed by atoms with Crippen molar-refractivity contribution in [2.24, 2.45) is 0 Å². The van der Waals surface area contributed by atoms with Crippen molar-refractivity contribution in [1.29, 1.82) is 0 Å². The van der Waals surface area contributed by atoms with E-state index in [4.69, 9.17) is 0 Å². The van der Waals surface area contributed by atoms with Crippen LogP contribution >= 0.6 is 0 Å². The summed E-state index contributed by atoms with van der Waals surface area (Å²) < 4.78 is 2.12. The molecule has 15 heavy (non-hydrogen) atoms. The average Bonchev–Trinajstić information content (AvgIpc) is 2.54. The molecular weight excluding hydrogens is 186 g/mol. The first-order valence-corrected chi connectivity index (χ1v) is 5.34. The van der Waals surface area contributed by atoms with Crippen LogP contribution in [0.15, 0.2) is 24.4 Å². The van der Waals surface area contributed by atoms with Gasteiger partial charge in [-0.3, -0.25) is 0 Å². The third kappa shape index (κ3) is 2.02. The number of hydrogen-bond donors (Lipinski definition) is 1. The highest BCUT2D eigenvalue weighted by Gasteiger charge is 2.06. The minimum atomic E-state index is 0.491. The number of nitrogens with one attached hydrogen (secondary N) is 1. The smallest absolute Gasteiger partial charge is 0.110 e. The third-order valence-corrected chi connectivity index (χ3v) is 2.48. The normalized spacial score (nSPS) is 11.5. The van der Waals surface area contributed by atoms with E-state index in [1.165, 1.54) is 5.52 Å². The Balaban J connectivity index is 2.35. The predicted octanol–water partition coefficient (Wildman–Crippen LogP) is 2.14. The second-order valence-corrected chi connectivity index (χ2v) is 4.10. The SMILES string of the molecule is Cc1nc(CNC(C)C)c2ccccn12. The van der Waals surface area contributed by atoms with E-state index in [9.17, 15) is 0 Å². The van der Waals surface area contributed by atoms with Gasteiger partial charge in [-0.1, -0.05) is 19.9 Å². The Kier molecular flexibility index (Phi) is 2.73. The minimum absolute atomic E-state index is 0.491. The van der Waals surface area contributed by atoms with Crippen molar-refractivity contribution < 1.29 is 0 Å². The topological polar surface area (TPSA) is 29.3 Å². The largest absolute Gasteiger partial charge is 0.309 e. The summed E-state index contributed by atoms with van der Waals surface area (Å²) in [6, 6.07) is 6.68. The maximum absolute atomic E-state index is 4.56. The van der Waals surface area contributed by atoms with Crippen LogP contribution < -0.4 is 5.32 Å². The summed E-state index contributed by atoms with van der Waals surface area (Å²) in [7, 11) is 0. The summed E-state index contributed by atoms with van der Waals surface area (Å²) in [4.78, 5) is 4.56. The molecule has 0 spiro atoms. The van der Waals surface area contributed by atoms with E-state index in [1.54, 1.807) is 0 Å². The average molecular weight is 203 g/mol. The number of aryl methyl sites for hydroxylation is 1. The summed E-state index contributed by atoms with van der Waals surface area (Å²) in [5, 5.41) is 3.39. The summed E-state index contributed by atoms with van der Waals surface area (Å²) in [5.41, 5.74) is 2.32. The molecule has 1 N–H and O–H groups in total. The van der Waals surface area contributed by atoms with Gasteiger partial charge in [-0.2, -0.15) is 0 Å². The van der Waals surface area contributed by atoms with Crippen molar-refractivity contribution in [2.75, 3.05) is 0 Å². The Bertz CT molecular complexity index is 457. The summed E-state index contributed by atoms with van der Waals surface area (Å²) in [6.07, 6.45) is 2.05. The molecule has 3 heteroatoms. The van der Waals surface area contributed by atoms with E-state index in [-0.39, 0.29) is 0 Å². The highest BCUT2D eigenvalue weighted by atomic mass is 15.0. The molecule has 0 fully saturated rings. The number of aromatic nitrogens is 2. The molecule has 0 aromatic carbocycles. The molecule has 2 aromatic heterocycles. The lowest BCUT2D eigenvalue weighted by atomic mass is 10.3. The fraction of sp³-hybridized carbons (Fsp3) is 0.417. The molecule has 0 aliphatic heterocycles. The highest BCUT2D eigenvalue weighted by Crippen LogP contribution is 2.12. The molecule has 80 valence electrons. The maximum Gasteiger partial charge on any atom is 0.110 e. The lowest BCUT2D eigenvalue weighted by Crippen LogP contribution is -2.22. The molecule has 2 heterocycles. The Morgan fingerprint density at radius 1 is 1.40 bits per heavy atom. The standard InChI is InChI=1S/C12H17N3/c1-9(2)13-8-11-12-6-4-5-7-15(12)10(3)14-11/h4-7,9,13H,8H2,1-3H3. The number of fused-ring (bicyclic) bond motifs is 1. The predicted molar refractivity (Wildman–Crippen MR) is 61.9 cm³/mol. The molecule has 0 saturated carbocycles. The lowest BCUT2D eigenvalue weighted by molar-refractivity contribution is 0.584. The van der Waals surface area contributed by atoms with Crippen LogP contribution in [0.2, 0.25) is 0 Å². The Morgan fingerprint density at radius 3 is 2.93 bits per heavy atom. The van der Waals surface area contributed by atoms with E-state index in [1.807, 2.05) is 13.0 Å². The fourth-order valence-electron chi connectivity index (χ4n) is 1.70. The molecule has 0 radical (unpaired) electrons.